The molecule has 3 N–H and O–H groups in total. The summed E-state index contributed by atoms with van der Waals surface area (Å²) >= 11 is 0. The van der Waals surface area contributed by atoms with Crippen molar-refractivity contribution in [2.24, 2.45) is 0 Å². The fraction of sp³-hybridized carbons (Fsp3) is 0.714. The zero-order valence-corrected chi connectivity index (χ0v) is 15.5. The standard InChI is InChI=1S/C7H13NO6.2K/c9-3-4(10)2-8-5(7(13)14)1-6(11)12;;/h4-5,8-10H,1-3H2,(H,11,12)(H,13,14);;/q;2*+1/p-2/t4?,5-;;/m0../s1. The van der Waals surface area contributed by atoms with Crippen LogP contribution in [0.5, 0.6) is 0 Å². The second-order valence-electron chi connectivity index (χ2n) is 2.69. The molecular weight excluding hydrogens is 272 g/mol. The first-order valence-corrected chi connectivity index (χ1v) is 3.90. The summed E-state index contributed by atoms with van der Waals surface area (Å²) in [6.45, 7) is -0.777. The van der Waals surface area contributed by atoms with Crippen LogP contribution in [0.4, 0.5) is 0 Å². The van der Waals surface area contributed by atoms with Gasteiger partial charge >= 0.3 is 103 Å². The number of aliphatic carboxylic acids is 2. The van der Waals surface area contributed by atoms with Crippen molar-refractivity contribution >= 4 is 11.9 Å². The van der Waals surface area contributed by atoms with Crippen molar-refractivity contribution in [2.75, 3.05) is 13.2 Å². The Morgan fingerprint density at radius 3 is 2.06 bits per heavy atom. The Hall–Kier alpha value is 2.09. The summed E-state index contributed by atoms with van der Waals surface area (Å²) in [5.41, 5.74) is 0. The van der Waals surface area contributed by atoms with E-state index in [1.807, 2.05) is 0 Å². The first kappa shape index (κ1) is 23.2. The van der Waals surface area contributed by atoms with Crippen molar-refractivity contribution in [3.8, 4) is 0 Å². The SMILES string of the molecule is O=C([O-])C[C@H](NCC(O)CO)C(=O)[O-].[K+].[K+]. The molecule has 0 aromatic rings. The third kappa shape index (κ3) is 12.5. The van der Waals surface area contributed by atoms with Crippen LogP contribution < -0.4 is 118 Å². The Labute approximate surface area is 178 Å². The molecule has 0 aromatic heterocycles. The second kappa shape index (κ2) is 13.5. The van der Waals surface area contributed by atoms with E-state index in [1.54, 1.807) is 0 Å². The minimum atomic E-state index is -1.60. The number of aliphatic hydroxyl groups is 2. The van der Waals surface area contributed by atoms with E-state index in [4.69, 9.17) is 10.2 Å². The van der Waals surface area contributed by atoms with Crippen LogP contribution >= 0.6 is 0 Å². The molecule has 0 bridgehead atoms. The van der Waals surface area contributed by atoms with Gasteiger partial charge in [-0.25, -0.2) is 0 Å². The smallest absolute Gasteiger partial charge is 0.550 e. The molecule has 1 unspecified atom stereocenters. The molecule has 16 heavy (non-hydrogen) atoms. The van der Waals surface area contributed by atoms with Crippen LogP contribution in [0.3, 0.4) is 0 Å². The minimum Gasteiger partial charge on any atom is -0.550 e. The van der Waals surface area contributed by atoms with Crippen LogP contribution in [0.1, 0.15) is 6.42 Å². The molecule has 0 rings (SSSR count). The number of rotatable bonds is 7. The summed E-state index contributed by atoms with van der Waals surface area (Å²) in [6.07, 6.45) is -1.89. The van der Waals surface area contributed by atoms with E-state index in [0.717, 1.165) is 0 Å². The van der Waals surface area contributed by atoms with Gasteiger partial charge in [-0.2, -0.15) is 0 Å². The van der Waals surface area contributed by atoms with Crippen LogP contribution in [-0.4, -0.2) is 47.4 Å². The molecule has 0 aliphatic carbocycles. The zero-order chi connectivity index (χ0) is 11.1. The molecular formula is C7H11K2NO6. The van der Waals surface area contributed by atoms with Crippen LogP contribution in [-0.2, 0) is 9.59 Å². The molecule has 0 heterocycles. The molecule has 0 aliphatic heterocycles. The minimum absolute atomic E-state index is 0. The normalized spacial score (nSPS) is 12.9. The van der Waals surface area contributed by atoms with E-state index in [9.17, 15) is 19.8 Å². The van der Waals surface area contributed by atoms with Crippen molar-refractivity contribution in [3.05, 3.63) is 0 Å². The third-order valence-electron chi connectivity index (χ3n) is 1.47. The van der Waals surface area contributed by atoms with E-state index in [-0.39, 0.29) is 109 Å². The second-order valence-corrected chi connectivity index (χ2v) is 2.69. The molecule has 0 saturated carbocycles. The van der Waals surface area contributed by atoms with Gasteiger partial charge in [-0.3, -0.25) is 0 Å². The Morgan fingerprint density at radius 2 is 1.75 bits per heavy atom. The summed E-state index contributed by atoms with van der Waals surface area (Å²) in [5, 5.41) is 39.8. The summed E-state index contributed by atoms with van der Waals surface area (Å²) in [6, 6.07) is -1.43. The predicted molar refractivity (Wildman–Crippen MR) is 39.5 cm³/mol. The van der Waals surface area contributed by atoms with Gasteiger partial charge in [0.25, 0.3) is 0 Å². The average molecular weight is 283 g/mol. The van der Waals surface area contributed by atoms with Crippen molar-refractivity contribution < 1.29 is 133 Å². The molecule has 0 spiro atoms. The number of hydrogen-bond acceptors (Lipinski definition) is 7. The van der Waals surface area contributed by atoms with Crippen LogP contribution in [0.2, 0.25) is 0 Å². The number of carbonyl (C=O) groups excluding carboxylic acids is 2. The average Bonchev–Trinajstić information content (AvgIpc) is 2.10. The molecule has 0 fully saturated rings. The molecule has 0 aromatic carbocycles. The Kier molecular flexibility index (Phi) is 19.6. The monoisotopic (exact) mass is 283 g/mol. The van der Waals surface area contributed by atoms with Gasteiger partial charge in [0.15, 0.2) is 0 Å². The van der Waals surface area contributed by atoms with Gasteiger partial charge in [0.2, 0.25) is 0 Å². The molecule has 0 aliphatic rings. The van der Waals surface area contributed by atoms with Gasteiger partial charge in [-0.1, -0.05) is 0 Å². The number of carboxylic acids is 2. The predicted octanol–water partition coefficient (Wildman–Crippen LogP) is -10.8. The summed E-state index contributed by atoms with van der Waals surface area (Å²) in [4.78, 5) is 20.4. The molecule has 2 atom stereocenters. The zero-order valence-electron chi connectivity index (χ0n) is 9.30. The summed E-state index contributed by atoms with van der Waals surface area (Å²) < 4.78 is 0. The van der Waals surface area contributed by atoms with E-state index in [0.29, 0.717) is 0 Å². The van der Waals surface area contributed by atoms with E-state index in [1.165, 1.54) is 0 Å². The third-order valence-corrected chi connectivity index (χ3v) is 1.47. The van der Waals surface area contributed by atoms with Crippen molar-refractivity contribution in [2.45, 2.75) is 18.6 Å². The first-order chi connectivity index (χ1) is 6.47. The number of carbonyl (C=O) groups is 2. The number of carboxylic acid groups (broad SMARTS) is 2. The topological polar surface area (TPSA) is 133 Å². The maximum absolute atomic E-state index is 10.3. The van der Waals surface area contributed by atoms with Gasteiger partial charge in [0, 0.05) is 18.9 Å². The van der Waals surface area contributed by atoms with E-state index >= 15 is 0 Å². The summed E-state index contributed by atoms with van der Waals surface area (Å²) in [5.74, 6) is -3.13. The number of aliphatic hydroxyl groups excluding tert-OH is 2. The first-order valence-electron chi connectivity index (χ1n) is 3.90. The van der Waals surface area contributed by atoms with Gasteiger partial charge in [0.05, 0.1) is 24.7 Å². The molecule has 82 valence electrons. The Morgan fingerprint density at radius 1 is 1.25 bits per heavy atom. The Balaban J connectivity index is -0.000000845. The van der Waals surface area contributed by atoms with E-state index < -0.39 is 37.1 Å². The van der Waals surface area contributed by atoms with Crippen molar-refractivity contribution in [1.82, 2.24) is 5.32 Å². The maximum atomic E-state index is 10.3. The Bertz CT molecular complexity index is 215. The van der Waals surface area contributed by atoms with Gasteiger partial charge < -0.3 is 35.3 Å². The van der Waals surface area contributed by atoms with Crippen molar-refractivity contribution in [3.63, 3.8) is 0 Å². The van der Waals surface area contributed by atoms with E-state index in [2.05, 4.69) is 5.32 Å². The fourth-order valence-electron chi connectivity index (χ4n) is 0.748. The molecule has 0 radical (unpaired) electrons. The fourth-order valence-corrected chi connectivity index (χ4v) is 0.748. The quantitative estimate of drug-likeness (QED) is 0.395. The molecule has 0 saturated heterocycles. The molecule has 9 heteroatoms. The van der Waals surface area contributed by atoms with Crippen molar-refractivity contribution in [1.29, 1.82) is 0 Å². The number of nitrogens with one attached hydrogen (secondary N) is 1. The molecule has 0 amide bonds. The maximum Gasteiger partial charge on any atom is 1.00 e. The van der Waals surface area contributed by atoms with Crippen LogP contribution in [0, 0.1) is 0 Å². The summed E-state index contributed by atoms with van der Waals surface area (Å²) in [7, 11) is 0. The van der Waals surface area contributed by atoms with Gasteiger partial charge in [-0.15, -0.1) is 0 Å². The van der Waals surface area contributed by atoms with Gasteiger partial charge in [0.1, 0.15) is 0 Å². The van der Waals surface area contributed by atoms with Crippen LogP contribution in [0.25, 0.3) is 0 Å². The number of hydrogen-bond donors (Lipinski definition) is 3. The van der Waals surface area contributed by atoms with Crippen LogP contribution in [0.15, 0.2) is 0 Å². The van der Waals surface area contributed by atoms with Gasteiger partial charge in [-0.05, 0) is 0 Å². The largest absolute Gasteiger partial charge is 1.00 e. The molecule has 7 nitrogen and oxygen atoms in total.